The van der Waals surface area contributed by atoms with E-state index in [0.29, 0.717) is 26.4 Å². The zero-order valence-electron chi connectivity index (χ0n) is 14.4. The molecule has 0 atom stereocenters. The fraction of sp³-hybridized carbons (Fsp3) is 0.684. The van der Waals surface area contributed by atoms with E-state index < -0.39 is 0 Å². The summed E-state index contributed by atoms with van der Waals surface area (Å²) in [6.07, 6.45) is 1.41. The van der Waals surface area contributed by atoms with E-state index in [1.54, 1.807) is 0 Å². The van der Waals surface area contributed by atoms with E-state index in [1.165, 1.54) is 11.1 Å². The van der Waals surface area contributed by atoms with E-state index >= 15 is 0 Å². The third-order valence-electron chi connectivity index (χ3n) is 5.08. The molecular formula is C19H28O4. The van der Waals surface area contributed by atoms with Gasteiger partial charge >= 0.3 is 0 Å². The normalized spacial score (nSPS) is 22.4. The lowest BCUT2D eigenvalue weighted by molar-refractivity contribution is -0.0444. The molecule has 1 N–H and O–H groups in total. The second-order valence-corrected chi connectivity index (χ2v) is 7.72. The maximum absolute atomic E-state index is 10.1. The number of hydrogen-bond acceptors (Lipinski definition) is 4. The Bertz CT molecular complexity index is 535. The lowest BCUT2D eigenvalue weighted by Gasteiger charge is -2.37. The second-order valence-electron chi connectivity index (χ2n) is 7.72. The molecule has 0 spiro atoms. The number of hydrogen-bond donors (Lipinski definition) is 1. The lowest BCUT2D eigenvalue weighted by atomic mass is 9.72. The summed E-state index contributed by atoms with van der Waals surface area (Å²) < 4.78 is 16.9. The Hall–Kier alpha value is -0.940. The van der Waals surface area contributed by atoms with E-state index in [-0.39, 0.29) is 23.7 Å². The van der Waals surface area contributed by atoms with Crippen LogP contribution in [0.4, 0.5) is 0 Å². The monoisotopic (exact) mass is 320 g/mol. The van der Waals surface area contributed by atoms with Gasteiger partial charge in [0.2, 0.25) is 0 Å². The molecule has 4 heteroatoms. The number of ether oxygens (including phenoxy) is 3. The summed E-state index contributed by atoms with van der Waals surface area (Å²) in [7, 11) is 0. The Morgan fingerprint density at radius 1 is 1.04 bits per heavy atom. The largest absolute Gasteiger partial charge is 0.395 e. The molecular weight excluding hydrogens is 292 g/mol. The van der Waals surface area contributed by atoms with Crippen molar-refractivity contribution in [1.82, 2.24) is 0 Å². The lowest BCUT2D eigenvalue weighted by Crippen LogP contribution is -2.37. The Morgan fingerprint density at radius 3 is 2.26 bits per heavy atom. The van der Waals surface area contributed by atoms with Gasteiger partial charge in [-0.3, -0.25) is 0 Å². The maximum Gasteiger partial charge on any atom is 0.184 e. The molecule has 2 fully saturated rings. The van der Waals surface area contributed by atoms with Gasteiger partial charge in [-0.1, -0.05) is 39.0 Å². The van der Waals surface area contributed by atoms with Crippen LogP contribution in [-0.4, -0.2) is 38.1 Å². The molecule has 3 rings (SSSR count). The quantitative estimate of drug-likeness (QED) is 0.930. The van der Waals surface area contributed by atoms with Crippen LogP contribution in [0.25, 0.3) is 0 Å². The Labute approximate surface area is 138 Å². The van der Waals surface area contributed by atoms with Crippen molar-refractivity contribution < 1.29 is 19.3 Å². The Balaban J connectivity index is 2.05. The molecule has 2 heterocycles. The molecule has 1 aromatic carbocycles. The SMILES string of the molecule is CC(C)(C)c1cc(C2OCCO2)cc(C2(CO)CCOCC2)c1. The minimum absolute atomic E-state index is 0.0329. The van der Waals surface area contributed by atoms with Gasteiger partial charge in [0.05, 0.1) is 19.8 Å². The van der Waals surface area contributed by atoms with Gasteiger partial charge in [0.1, 0.15) is 0 Å². The molecule has 0 aliphatic carbocycles. The minimum atomic E-state index is -0.286. The first-order valence-corrected chi connectivity index (χ1v) is 8.52. The average Bonchev–Trinajstić information content (AvgIpc) is 3.09. The van der Waals surface area contributed by atoms with Crippen LogP contribution in [0.1, 0.15) is 56.6 Å². The molecule has 0 unspecified atom stereocenters. The van der Waals surface area contributed by atoms with E-state index in [4.69, 9.17) is 14.2 Å². The first-order chi connectivity index (χ1) is 10.9. The maximum atomic E-state index is 10.1. The molecule has 128 valence electrons. The first-order valence-electron chi connectivity index (χ1n) is 8.52. The van der Waals surface area contributed by atoms with Crippen molar-refractivity contribution in [1.29, 1.82) is 0 Å². The molecule has 1 aromatic rings. The zero-order chi connectivity index (χ0) is 16.5. The predicted molar refractivity (Wildman–Crippen MR) is 88.6 cm³/mol. The van der Waals surface area contributed by atoms with Crippen molar-refractivity contribution in [2.75, 3.05) is 33.0 Å². The van der Waals surface area contributed by atoms with Crippen molar-refractivity contribution in [2.45, 2.75) is 50.7 Å². The van der Waals surface area contributed by atoms with Crippen LogP contribution in [0.5, 0.6) is 0 Å². The van der Waals surface area contributed by atoms with Crippen LogP contribution in [0.2, 0.25) is 0 Å². The third-order valence-corrected chi connectivity index (χ3v) is 5.08. The number of rotatable bonds is 3. The van der Waals surface area contributed by atoms with Gasteiger partial charge in [-0.2, -0.15) is 0 Å². The molecule has 2 saturated heterocycles. The minimum Gasteiger partial charge on any atom is -0.395 e. The summed E-state index contributed by atoms with van der Waals surface area (Å²) in [4.78, 5) is 0. The summed E-state index contributed by atoms with van der Waals surface area (Å²) in [6, 6.07) is 6.59. The Kier molecular flexibility index (Phi) is 4.79. The van der Waals surface area contributed by atoms with E-state index in [9.17, 15) is 5.11 Å². The van der Waals surface area contributed by atoms with Gasteiger partial charge in [-0.05, 0) is 29.4 Å². The molecule has 0 radical (unpaired) electrons. The highest BCUT2D eigenvalue weighted by atomic mass is 16.7. The van der Waals surface area contributed by atoms with Crippen molar-refractivity contribution >= 4 is 0 Å². The standard InChI is InChI=1S/C19H28O4/c1-18(2,3)15-10-14(17-22-8-9-23-17)11-16(12-15)19(13-20)4-6-21-7-5-19/h10-12,17,20H,4-9,13H2,1-3H3. The van der Waals surface area contributed by atoms with Crippen LogP contribution in [0, 0.1) is 0 Å². The van der Waals surface area contributed by atoms with Crippen molar-refractivity contribution in [3.8, 4) is 0 Å². The second kappa shape index (κ2) is 6.52. The molecule has 23 heavy (non-hydrogen) atoms. The zero-order valence-corrected chi connectivity index (χ0v) is 14.4. The van der Waals surface area contributed by atoms with Gasteiger partial charge in [0, 0.05) is 24.2 Å². The third kappa shape index (κ3) is 3.45. The fourth-order valence-electron chi connectivity index (χ4n) is 3.38. The summed E-state index contributed by atoms with van der Waals surface area (Å²) in [6.45, 7) is 9.46. The molecule has 0 saturated carbocycles. The van der Waals surface area contributed by atoms with E-state index in [2.05, 4.69) is 39.0 Å². The first kappa shape index (κ1) is 16.9. The van der Waals surface area contributed by atoms with E-state index in [1.807, 2.05) is 0 Å². The van der Waals surface area contributed by atoms with Gasteiger partial charge in [0.15, 0.2) is 6.29 Å². The number of benzene rings is 1. The molecule has 2 aliphatic rings. The summed E-state index contributed by atoms with van der Waals surface area (Å²) >= 11 is 0. The number of aliphatic hydroxyl groups is 1. The van der Waals surface area contributed by atoms with Gasteiger partial charge in [-0.25, -0.2) is 0 Å². The molecule has 2 aliphatic heterocycles. The smallest absolute Gasteiger partial charge is 0.184 e. The summed E-state index contributed by atoms with van der Waals surface area (Å²) in [5.74, 6) is 0. The van der Waals surface area contributed by atoms with Crippen molar-refractivity contribution in [3.05, 3.63) is 34.9 Å². The topological polar surface area (TPSA) is 47.9 Å². The van der Waals surface area contributed by atoms with Gasteiger partial charge in [0.25, 0.3) is 0 Å². The Morgan fingerprint density at radius 2 is 1.70 bits per heavy atom. The molecule has 0 aromatic heterocycles. The van der Waals surface area contributed by atoms with Gasteiger partial charge in [-0.15, -0.1) is 0 Å². The van der Waals surface area contributed by atoms with Crippen LogP contribution < -0.4 is 0 Å². The van der Waals surface area contributed by atoms with Gasteiger partial charge < -0.3 is 19.3 Å². The molecule has 0 bridgehead atoms. The average molecular weight is 320 g/mol. The highest BCUT2D eigenvalue weighted by Crippen LogP contribution is 2.39. The van der Waals surface area contributed by atoms with Crippen LogP contribution in [0.15, 0.2) is 18.2 Å². The molecule has 4 nitrogen and oxygen atoms in total. The summed E-state index contributed by atoms with van der Waals surface area (Å²) in [5, 5.41) is 10.1. The summed E-state index contributed by atoms with van der Waals surface area (Å²) in [5.41, 5.74) is 3.32. The number of aliphatic hydroxyl groups excluding tert-OH is 1. The van der Waals surface area contributed by atoms with Crippen molar-refractivity contribution in [2.24, 2.45) is 0 Å². The van der Waals surface area contributed by atoms with Crippen LogP contribution >= 0.6 is 0 Å². The van der Waals surface area contributed by atoms with Crippen LogP contribution in [-0.2, 0) is 25.0 Å². The fourth-order valence-corrected chi connectivity index (χ4v) is 3.38. The van der Waals surface area contributed by atoms with E-state index in [0.717, 1.165) is 18.4 Å². The highest BCUT2D eigenvalue weighted by molar-refractivity contribution is 5.39. The molecule has 0 amide bonds. The predicted octanol–water partition coefficient (Wildman–Crippen LogP) is 3.07. The van der Waals surface area contributed by atoms with Crippen LogP contribution in [0.3, 0.4) is 0 Å². The van der Waals surface area contributed by atoms with Crippen molar-refractivity contribution in [3.63, 3.8) is 0 Å². The highest BCUT2D eigenvalue weighted by Gasteiger charge is 2.35.